The topological polar surface area (TPSA) is 72.5 Å². The van der Waals surface area contributed by atoms with Crippen LogP contribution in [-0.4, -0.2) is 20.1 Å². The summed E-state index contributed by atoms with van der Waals surface area (Å²) >= 11 is 0. The number of nitrogens with one attached hydrogen (secondary N) is 1. The molecule has 0 aliphatic rings. The number of halogens is 3. The summed E-state index contributed by atoms with van der Waals surface area (Å²) in [7, 11) is -3.34. The molecule has 0 aromatic heterocycles. The van der Waals surface area contributed by atoms with E-state index in [2.05, 4.69) is 5.32 Å². The van der Waals surface area contributed by atoms with Gasteiger partial charge in [-0.1, -0.05) is 31.2 Å². The van der Waals surface area contributed by atoms with Crippen molar-refractivity contribution in [2.24, 2.45) is 0 Å². The Bertz CT molecular complexity index is 1550. The Balaban J connectivity index is 1.58. The molecule has 0 heterocycles. The fourth-order valence-corrected chi connectivity index (χ4v) is 4.50. The second-order valence-electron chi connectivity index (χ2n) is 8.17. The van der Waals surface area contributed by atoms with Gasteiger partial charge in [0.15, 0.2) is 21.5 Å². The summed E-state index contributed by atoms with van der Waals surface area (Å²) in [6.45, 7) is 1.56. The number of anilines is 1. The monoisotopic (exact) mass is 525 g/mol. The van der Waals surface area contributed by atoms with Gasteiger partial charge in [-0.25, -0.2) is 21.6 Å². The molecule has 1 N–H and O–H groups in total. The molecule has 9 heteroatoms. The largest absolute Gasteiger partial charge is 0.457 e. The van der Waals surface area contributed by atoms with Gasteiger partial charge in [-0.2, -0.15) is 0 Å². The Morgan fingerprint density at radius 1 is 0.865 bits per heavy atom. The number of sulfone groups is 1. The van der Waals surface area contributed by atoms with Crippen molar-refractivity contribution in [3.63, 3.8) is 0 Å². The minimum Gasteiger partial charge on any atom is -0.457 e. The third-order valence-electron chi connectivity index (χ3n) is 5.55. The number of ether oxygens (including phenoxy) is 1. The van der Waals surface area contributed by atoms with Gasteiger partial charge in [0, 0.05) is 23.4 Å². The second kappa shape index (κ2) is 10.9. The lowest BCUT2D eigenvalue weighted by molar-refractivity contribution is -0.115. The summed E-state index contributed by atoms with van der Waals surface area (Å²) < 4.78 is 70.8. The van der Waals surface area contributed by atoms with E-state index in [0.717, 1.165) is 12.1 Å². The van der Waals surface area contributed by atoms with Gasteiger partial charge in [0.2, 0.25) is 5.91 Å². The summed E-state index contributed by atoms with van der Waals surface area (Å²) in [6.07, 6.45) is -0.0164. The molecule has 0 atom stereocenters. The average Bonchev–Trinajstić information content (AvgIpc) is 2.86. The second-order valence-corrected chi connectivity index (χ2v) is 10.4. The van der Waals surface area contributed by atoms with Gasteiger partial charge in [0.05, 0.1) is 17.1 Å². The zero-order chi connectivity index (χ0) is 26.6. The highest BCUT2D eigenvalue weighted by molar-refractivity contribution is 7.91. The number of carbonyl (C=O) groups is 1. The maximum atomic E-state index is 13.9. The maximum Gasteiger partial charge on any atom is 0.228 e. The SMILES string of the molecule is CCS(=O)(=O)c1ccc(CC(=O)Nc2ccc(-c3ccc(F)c(F)c3)c(Oc3cccc(F)c3)c2)cc1. The van der Waals surface area contributed by atoms with Crippen LogP contribution in [0.15, 0.2) is 89.8 Å². The molecule has 0 spiro atoms. The van der Waals surface area contributed by atoms with Gasteiger partial charge >= 0.3 is 0 Å². The highest BCUT2D eigenvalue weighted by Crippen LogP contribution is 2.36. The predicted octanol–water partition coefficient (Wildman–Crippen LogP) is 6.54. The smallest absolute Gasteiger partial charge is 0.228 e. The van der Waals surface area contributed by atoms with E-state index in [0.29, 0.717) is 22.4 Å². The van der Waals surface area contributed by atoms with Crippen molar-refractivity contribution in [3.05, 3.63) is 108 Å². The zero-order valence-corrected chi connectivity index (χ0v) is 20.5. The summed E-state index contributed by atoms with van der Waals surface area (Å²) in [5.74, 6) is -2.59. The summed E-state index contributed by atoms with van der Waals surface area (Å²) in [4.78, 5) is 12.8. The van der Waals surface area contributed by atoms with Crippen LogP contribution in [-0.2, 0) is 21.1 Å². The standard InChI is InChI=1S/C28H22F3NO4S/c1-2-37(34,35)23-10-6-18(7-11-23)14-28(33)32-21-9-12-24(19-8-13-25(30)26(31)15-19)27(17-21)36-22-5-3-4-20(29)16-22/h3-13,15-17H,2,14H2,1H3,(H,32,33). The molecule has 4 aromatic carbocycles. The van der Waals surface area contributed by atoms with Crippen molar-refractivity contribution in [2.75, 3.05) is 11.1 Å². The maximum absolute atomic E-state index is 13.9. The number of amides is 1. The van der Waals surface area contributed by atoms with Crippen molar-refractivity contribution in [3.8, 4) is 22.6 Å². The van der Waals surface area contributed by atoms with Gasteiger partial charge in [-0.15, -0.1) is 0 Å². The third kappa shape index (κ3) is 6.37. The highest BCUT2D eigenvalue weighted by Gasteiger charge is 2.15. The van der Waals surface area contributed by atoms with E-state index in [9.17, 15) is 26.4 Å². The lowest BCUT2D eigenvalue weighted by Crippen LogP contribution is -2.14. The fraction of sp³-hybridized carbons (Fsp3) is 0.107. The van der Waals surface area contributed by atoms with Crippen LogP contribution in [0.1, 0.15) is 12.5 Å². The molecular weight excluding hydrogens is 503 g/mol. The first-order valence-electron chi connectivity index (χ1n) is 11.3. The Hall–Kier alpha value is -4.11. The molecule has 4 rings (SSSR count). The molecule has 0 aliphatic carbocycles. The van der Waals surface area contributed by atoms with E-state index in [1.807, 2.05) is 0 Å². The van der Waals surface area contributed by atoms with Crippen LogP contribution in [0.5, 0.6) is 11.5 Å². The molecule has 0 bridgehead atoms. The molecule has 5 nitrogen and oxygen atoms in total. The minimum absolute atomic E-state index is 0.0164. The average molecular weight is 526 g/mol. The molecule has 0 saturated heterocycles. The predicted molar refractivity (Wildman–Crippen MR) is 135 cm³/mol. The third-order valence-corrected chi connectivity index (χ3v) is 7.30. The van der Waals surface area contributed by atoms with Crippen LogP contribution < -0.4 is 10.1 Å². The van der Waals surface area contributed by atoms with Gasteiger partial charge in [-0.3, -0.25) is 4.79 Å². The molecule has 0 radical (unpaired) electrons. The first kappa shape index (κ1) is 26.0. The Morgan fingerprint density at radius 2 is 1.62 bits per heavy atom. The molecule has 4 aromatic rings. The van der Waals surface area contributed by atoms with Gasteiger partial charge in [0.1, 0.15) is 17.3 Å². The van der Waals surface area contributed by atoms with Crippen LogP contribution in [0.2, 0.25) is 0 Å². The normalized spacial score (nSPS) is 11.2. The number of hydrogen-bond donors (Lipinski definition) is 1. The number of rotatable bonds is 8. The Labute approximate surface area is 212 Å². The van der Waals surface area contributed by atoms with Crippen LogP contribution in [0.25, 0.3) is 11.1 Å². The summed E-state index contributed by atoms with van der Waals surface area (Å²) in [6, 6.07) is 19.5. The fourth-order valence-electron chi connectivity index (χ4n) is 3.62. The minimum atomic E-state index is -3.34. The summed E-state index contributed by atoms with van der Waals surface area (Å²) in [5, 5.41) is 2.74. The van der Waals surface area contributed by atoms with E-state index >= 15 is 0 Å². The van der Waals surface area contributed by atoms with Crippen molar-refractivity contribution in [1.82, 2.24) is 0 Å². The number of carbonyl (C=O) groups excluding carboxylic acids is 1. The van der Waals surface area contributed by atoms with E-state index < -0.39 is 27.3 Å². The van der Waals surface area contributed by atoms with Crippen LogP contribution >= 0.6 is 0 Å². The van der Waals surface area contributed by atoms with Gasteiger partial charge < -0.3 is 10.1 Å². The molecule has 0 saturated carbocycles. The van der Waals surface area contributed by atoms with Gasteiger partial charge in [0.25, 0.3) is 0 Å². The molecule has 0 unspecified atom stereocenters. The quantitative estimate of drug-likeness (QED) is 0.284. The van der Waals surface area contributed by atoms with Crippen LogP contribution in [0.4, 0.5) is 18.9 Å². The van der Waals surface area contributed by atoms with Crippen LogP contribution in [0.3, 0.4) is 0 Å². The zero-order valence-electron chi connectivity index (χ0n) is 19.7. The first-order valence-corrected chi connectivity index (χ1v) is 12.9. The molecule has 190 valence electrons. The van der Waals surface area contributed by atoms with E-state index in [1.165, 1.54) is 48.5 Å². The van der Waals surface area contributed by atoms with Crippen molar-refractivity contribution in [2.45, 2.75) is 18.2 Å². The first-order chi connectivity index (χ1) is 17.6. The Morgan fingerprint density at radius 3 is 2.30 bits per heavy atom. The van der Waals surface area contributed by atoms with Crippen molar-refractivity contribution < 1.29 is 31.1 Å². The van der Waals surface area contributed by atoms with Crippen molar-refractivity contribution in [1.29, 1.82) is 0 Å². The summed E-state index contributed by atoms with van der Waals surface area (Å²) in [5.41, 5.74) is 1.69. The van der Waals surface area contributed by atoms with E-state index in [1.54, 1.807) is 31.2 Å². The Kier molecular flexibility index (Phi) is 7.63. The van der Waals surface area contributed by atoms with E-state index in [-0.39, 0.29) is 34.5 Å². The molecule has 0 fully saturated rings. The molecular formula is C28H22F3NO4S. The highest BCUT2D eigenvalue weighted by atomic mass is 32.2. The van der Waals surface area contributed by atoms with Crippen molar-refractivity contribution >= 4 is 21.4 Å². The van der Waals surface area contributed by atoms with Gasteiger partial charge in [-0.05, 0) is 59.7 Å². The molecule has 0 aliphatic heterocycles. The lowest BCUT2D eigenvalue weighted by atomic mass is 10.0. The molecule has 1 amide bonds. The van der Waals surface area contributed by atoms with E-state index in [4.69, 9.17) is 4.74 Å². The lowest BCUT2D eigenvalue weighted by Gasteiger charge is -2.14. The van der Waals surface area contributed by atoms with Crippen LogP contribution in [0, 0.1) is 17.5 Å². The number of benzene rings is 4. The molecule has 37 heavy (non-hydrogen) atoms. The number of hydrogen-bond acceptors (Lipinski definition) is 4.